The first-order valence-corrected chi connectivity index (χ1v) is 40.4. The Kier molecular flexibility index (Phi) is 56.1. The summed E-state index contributed by atoms with van der Waals surface area (Å²) in [5.41, 5.74) is 45.9. The van der Waals surface area contributed by atoms with E-state index >= 15 is 0 Å². The van der Waals surface area contributed by atoms with Crippen molar-refractivity contribution in [2.45, 2.75) is 213 Å². The molecule has 0 aliphatic rings. The molecule has 0 saturated carbocycles. The van der Waals surface area contributed by atoms with E-state index in [0.29, 0.717) is 0 Å². The van der Waals surface area contributed by atoms with E-state index < -0.39 is 0 Å². The van der Waals surface area contributed by atoms with Crippen LogP contribution in [-0.4, -0.2) is 0 Å². The van der Waals surface area contributed by atoms with Crippen molar-refractivity contribution in [3.63, 3.8) is 0 Å². The van der Waals surface area contributed by atoms with E-state index in [0.717, 1.165) is 0 Å². The summed E-state index contributed by atoms with van der Waals surface area (Å²) in [5, 5.41) is 0. The molecule has 0 heterocycles. The Balaban J connectivity index is 0.00000130. The standard InChI is InChI=1S/2C16H18.C15H14.2C10H14.6C8H9.4Y/c1-11-5-7-15(9-13(11)3)16-8-6-12(2)14(4)10-16;1-11-8-9-15(10-13(11)3)16-7-5-6-12(2)14(16)4;1-15(2,13-9-5-3-6-10-13)14-11-7-4-8-12-14;1-7-5-9(3)10(4)6-8(7)2;1-7-5-6-8(2)10(4)9(7)3;6*1-7-5-3-4-6-8(7)2;;;;/h2*5-10H,1-4H3;5-12H,1-2H3;2*5-6H,1-4H3;5*3,5-6H,1-2H3;3-5H,1-2H3;;;;/q;;-2;;;6*-1;;;;. The number of aryl methyl sites for hydroxylation is 25. The van der Waals surface area contributed by atoms with Gasteiger partial charge in [-0.15, -0.1) is 11.1 Å². The molecule has 119 heavy (non-hydrogen) atoms. The van der Waals surface area contributed by atoms with Crippen LogP contribution in [0.15, 0.2) is 255 Å². The van der Waals surface area contributed by atoms with Gasteiger partial charge >= 0.3 is 0 Å². The van der Waals surface area contributed by atoms with Crippen molar-refractivity contribution >= 4 is 0 Å². The molecular formula is C115H132Y4-8. The van der Waals surface area contributed by atoms with Crippen molar-refractivity contribution in [2.24, 2.45) is 0 Å². The molecule has 14 rings (SSSR count). The van der Waals surface area contributed by atoms with Crippen LogP contribution in [0, 0.1) is 242 Å². The average molecular weight is 1870 g/mol. The zero-order valence-electron chi connectivity index (χ0n) is 78.1. The Labute approximate surface area is 826 Å². The minimum absolute atomic E-state index is 0. The monoisotopic (exact) mass is 1870 g/mol. The van der Waals surface area contributed by atoms with Gasteiger partial charge in [0.15, 0.2) is 0 Å². The molecule has 14 aromatic rings. The van der Waals surface area contributed by atoms with Crippen LogP contribution in [-0.2, 0) is 136 Å². The minimum atomic E-state index is 0. The normalized spacial score (nSPS) is 9.66. The maximum absolute atomic E-state index is 3.10. The summed E-state index contributed by atoms with van der Waals surface area (Å²) in [6, 6.07) is 112. The van der Waals surface area contributed by atoms with Crippen molar-refractivity contribution in [2.75, 3.05) is 0 Å². The molecule has 0 nitrogen and oxygen atoms in total. The fourth-order valence-corrected chi connectivity index (χ4v) is 11.3. The van der Waals surface area contributed by atoms with E-state index in [1.54, 1.807) is 0 Å². The third-order valence-electron chi connectivity index (χ3n) is 22.2. The fourth-order valence-electron chi connectivity index (χ4n) is 11.3. The molecule has 0 amide bonds. The van der Waals surface area contributed by atoms with Gasteiger partial charge < -0.3 is 0 Å². The number of rotatable bonds is 4. The Morgan fingerprint density at radius 1 is 0.185 bits per heavy atom. The summed E-state index contributed by atoms with van der Waals surface area (Å²) in [4.78, 5) is 0. The largest absolute Gasteiger partial charge is 0.184 e. The third kappa shape index (κ3) is 40.6. The van der Waals surface area contributed by atoms with Crippen LogP contribution >= 0.6 is 0 Å². The van der Waals surface area contributed by atoms with Crippen LogP contribution in [0.25, 0.3) is 22.3 Å². The number of hydrogen-bond acceptors (Lipinski definition) is 0. The first kappa shape index (κ1) is 112. The SMILES string of the molecule is CC(C)(c1cc[c-]cc1)c1cc[c-]cc1.Cc1[c-]cccc1C.Cc1c[c-]ccc1C.Cc1c[c-]ccc1C.Cc1c[c-]ccc1C.Cc1c[c-]ccc1C.Cc1c[c-]ccc1C.Cc1cc(C)c(C)cc1C.Cc1ccc(-c2ccc(C)c(C)c2)cc1C.Cc1ccc(-c2cccc(C)c2C)cc1C.Cc1ccc(C)c(C)c1C.[Y].[Y].[Y].[Y]. The van der Waals surface area contributed by atoms with Crippen molar-refractivity contribution in [1.82, 2.24) is 0 Å². The summed E-state index contributed by atoms with van der Waals surface area (Å²) in [6.07, 6.45) is 0. The Morgan fingerprint density at radius 3 is 0.681 bits per heavy atom. The zero-order chi connectivity index (χ0) is 85.5. The predicted octanol–water partition coefficient (Wildman–Crippen LogP) is 31.2. The molecule has 0 atom stereocenters. The van der Waals surface area contributed by atoms with Crippen molar-refractivity contribution in [3.05, 3.63) is 470 Å². The Bertz CT molecular complexity index is 4620. The minimum Gasteiger partial charge on any atom is -0.184 e. The van der Waals surface area contributed by atoms with Gasteiger partial charge in [0.1, 0.15) is 0 Å². The van der Waals surface area contributed by atoms with Gasteiger partial charge in [0, 0.05) is 131 Å². The van der Waals surface area contributed by atoms with Gasteiger partial charge in [-0.1, -0.05) is 194 Å². The second-order valence-corrected chi connectivity index (χ2v) is 31.3. The van der Waals surface area contributed by atoms with E-state index in [4.69, 9.17) is 0 Å². The molecule has 4 radical (unpaired) electrons. The molecule has 0 saturated heterocycles. The second kappa shape index (κ2) is 59.3. The number of benzene rings is 14. The van der Waals surface area contributed by atoms with Crippen LogP contribution in [0.3, 0.4) is 0 Å². The molecular weight excluding hydrogens is 1740 g/mol. The first-order chi connectivity index (χ1) is 54.4. The van der Waals surface area contributed by atoms with Gasteiger partial charge in [-0.05, 0) is 227 Å². The molecule has 0 unspecified atom stereocenters. The molecule has 14 aromatic carbocycles. The van der Waals surface area contributed by atoms with Gasteiger partial charge in [-0.25, -0.2) is 0 Å². The fraction of sp³-hybridized carbons (Fsp3) is 0.270. The summed E-state index contributed by atoms with van der Waals surface area (Å²) >= 11 is 0. The maximum atomic E-state index is 3.10. The topological polar surface area (TPSA) is 0 Å². The van der Waals surface area contributed by atoms with Crippen molar-refractivity contribution in [3.8, 4) is 22.3 Å². The van der Waals surface area contributed by atoms with E-state index in [-0.39, 0.29) is 136 Å². The van der Waals surface area contributed by atoms with Crippen LogP contribution in [0.5, 0.6) is 0 Å². The van der Waals surface area contributed by atoms with Gasteiger partial charge in [0.05, 0.1) is 0 Å². The van der Waals surface area contributed by atoms with Gasteiger partial charge in [0.25, 0.3) is 0 Å². The molecule has 612 valence electrons. The molecule has 0 spiro atoms. The molecule has 0 aliphatic carbocycles. The maximum Gasteiger partial charge on any atom is 0 e. The Morgan fingerprint density at radius 2 is 0.429 bits per heavy atom. The molecule has 0 aromatic heterocycles. The van der Waals surface area contributed by atoms with Gasteiger partial charge in [-0.2, -0.15) is 273 Å². The molecule has 0 N–H and O–H groups in total. The van der Waals surface area contributed by atoms with Crippen LogP contribution < -0.4 is 0 Å². The first-order valence-electron chi connectivity index (χ1n) is 40.4. The van der Waals surface area contributed by atoms with Crippen molar-refractivity contribution < 1.29 is 131 Å². The number of hydrogen-bond donors (Lipinski definition) is 0. The zero-order valence-corrected chi connectivity index (χ0v) is 89.4. The molecule has 4 heteroatoms. The molecule has 0 aliphatic heterocycles. The van der Waals surface area contributed by atoms with Gasteiger partial charge in [-0.3, -0.25) is 0 Å². The average Bonchev–Trinajstić information content (AvgIpc) is 0.824. The quantitative estimate of drug-likeness (QED) is 0.154. The summed E-state index contributed by atoms with van der Waals surface area (Å²) in [6.45, 7) is 64.2. The summed E-state index contributed by atoms with van der Waals surface area (Å²) < 4.78 is 0. The van der Waals surface area contributed by atoms with E-state index in [1.807, 2.05) is 97.1 Å². The van der Waals surface area contributed by atoms with E-state index in [9.17, 15) is 0 Å². The summed E-state index contributed by atoms with van der Waals surface area (Å²) in [5.74, 6) is 0. The van der Waals surface area contributed by atoms with E-state index in [1.165, 1.54) is 189 Å². The van der Waals surface area contributed by atoms with Crippen molar-refractivity contribution in [1.29, 1.82) is 0 Å². The molecule has 0 bridgehead atoms. The molecule has 0 fully saturated rings. The smallest absolute Gasteiger partial charge is 0 e. The third-order valence-corrected chi connectivity index (χ3v) is 22.2. The summed E-state index contributed by atoms with van der Waals surface area (Å²) in [7, 11) is 0. The van der Waals surface area contributed by atoms with E-state index in [2.05, 4.69) is 414 Å². The second-order valence-electron chi connectivity index (χ2n) is 31.3. The predicted molar refractivity (Wildman–Crippen MR) is 504 cm³/mol. The van der Waals surface area contributed by atoms with Crippen LogP contribution in [0.1, 0.15) is 181 Å². The van der Waals surface area contributed by atoms with Gasteiger partial charge in [0.2, 0.25) is 0 Å². The Hall–Kier alpha value is -6.50. The van der Waals surface area contributed by atoms with Crippen LogP contribution in [0.2, 0.25) is 0 Å². The van der Waals surface area contributed by atoms with Crippen LogP contribution in [0.4, 0.5) is 0 Å².